The Hall–Kier alpha value is -6.57. The Balaban J connectivity index is 0.000000262. The molecular formula is C68H76NPS. The number of benzene rings is 7. The van der Waals surface area contributed by atoms with Crippen molar-refractivity contribution in [1.82, 2.24) is 4.57 Å². The maximum atomic E-state index is 4.28. The zero-order valence-electron chi connectivity index (χ0n) is 44.8. The molecule has 2 aromatic heterocycles. The molecule has 9 aromatic rings. The average molecular weight is 970 g/mol. The summed E-state index contributed by atoms with van der Waals surface area (Å²) in [5.41, 5.74) is 18.0. The fraction of sp³-hybridized carbons (Fsp3) is 0.206. The van der Waals surface area contributed by atoms with Gasteiger partial charge in [-0.25, -0.2) is 0 Å². The third-order valence-corrected chi connectivity index (χ3v) is 15.6. The van der Waals surface area contributed by atoms with Crippen LogP contribution in [0, 0.1) is 27.7 Å². The first-order valence-corrected chi connectivity index (χ1v) is 27.6. The molecule has 0 saturated heterocycles. The number of nitrogens with zero attached hydrogens (tertiary/aromatic N) is 1. The lowest BCUT2D eigenvalue weighted by atomic mass is 9.91. The van der Waals surface area contributed by atoms with Crippen molar-refractivity contribution < 1.29 is 0 Å². The highest BCUT2D eigenvalue weighted by atomic mass is 32.1. The summed E-state index contributed by atoms with van der Waals surface area (Å²) in [6.07, 6.45) is 7.41. The second-order valence-corrected chi connectivity index (χ2v) is 21.0. The minimum Gasteiger partial charge on any atom is -0.309 e. The quantitative estimate of drug-likeness (QED) is 0.0951. The zero-order valence-corrected chi connectivity index (χ0v) is 46.5. The lowest BCUT2D eigenvalue weighted by Crippen LogP contribution is -2.13. The number of aromatic nitrogens is 1. The molecule has 71 heavy (non-hydrogen) atoms. The molecule has 0 radical (unpaired) electrons. The van der Waals surface area contributed by atoms with Crippen LogP contribution in [0.5, 0.6) is 0 Å². The van der Waals surface area contributed by atoms with Gasteiger partial charge < -0.3 is 4.57 Å². The molecule has 0 aliphatic rings. The number of rotatable bonds is 10. The van der Waals surface area contributed by atoms with Crippen molar-refractivity contribution in [1.29, 1.82) is 0 Å². The number of hydrogen-bond acceptors (Lipinski definition) is 1. The Labute approximate surface area is 433 Å². The monoisotopic (exact) mass is 970 g/mol. The average Bonchev–Trinajstić information content (AvgIpc) is 3.91. The van der Waals surface area contributed by atoms with Crippen LogP contribution in [-0.2, 0) is 6.16 Å². The van der Waals surface area contributed by atoms with Crippen molar-refractivity contribution in [3.63, 3.8) is 0 Å². The van der Waals surface area contributed by atoms with E-state index in [9.17, 15) is 0 Å². The molecule has 364 valence electrons. The summed E-state index contributed by atoms with van der Waals surface area (Å²) in [5.74, 6) is 0. The second-order valence-electron chi connectivity index (χ2n) is 17.5. The lowest BCUT2D eigenvalue weighted by Gasteiger charge is -2.21. The molecular weight excluding hydrogens is 894 g/mol. The van der Waals surface area contributed by atoms with Crippen LogP contribution in [-0.4, -0.2) is 4.57 Å². The fourth-order valence-corrected chi connectivity index (χ4v) is 12.3. The van der Waals surface area contributed by atoms with Crippen molar-refractivity contribution in [3.8, 4) is 16.8 Å². The maximum Gasteiger partial charge on any atom is 0.0618 e. The predicted octanol–water partition coefficient (Wildman–Crippen LogP) is 20.2. The Bertz CT molecular complexity index is 3130. The Morgan fingerprint density at radius 3 is 1.63 bits per heavy atom. The first-order valence-electron chi connectivity index (χ1n) is 25.3. The highest BCUT2D eigenvalue weighted by Gasteiger charge is 2.23. The molecule has 9 rings (SSSR count). The number of allylic oxidation sites excluding steroid dienone is 6. The van der Waals surface area contributed by atoms with E-state index in [0.29, 0.717) is 0 Å². The standard InChI is InChI=1S/C40H40NP.C16H14S.C8H10.2C2H6/c1-7-17-36(29(3)4)39(30(5)6)40-35(8-2)37-22-15-16-23-38(37)41(40)32-26-24-31(25-27-32)28-42(33-18-11-9-12-19-33)34-20-13-10-14-21-34;1-11-7-3-4-8-13(11)16-12(2)17-15-10-6-5-9-14(15)16;1-7-4-3-5-8(2)6-7;2*1-2/h7-27H,2,28H2,1,3-6H3;3-10H,1-2H3;3-6H,1-2H3;2*1-2H3/b17-7-;;;;. The van der Waals surface area contributed by atoms with E-state index in [2.05, 4.69) is 268 Å². The van der Waals surface area contributed by atoms with E-state index in [1.54, 1.807) is 0 Å². The van der Waals surface area contributed by atoms with Crippen LogP contribution >= 0.6 is 19.3 Å². The molecule has 2 heterocycles. The molecule has 0 aliphatic carbocycles. The molecule has 0 fully saturated rings. The molecule has 0 saturated carbocycles. The lowest BCUT2D eigenvalue weighted by molar-refractivity contribution is 1.08. The second kappa shape index (κ2) is 27.7. The van der Waals surface area contributed by atoms with Crippen LogP contribution in [0.1, 0.15) is 101 Å². The number of thiophene rings is 1. The van der Waals surface area contributed by atoms with Gasteiger partial charge in [0.15, 0.2) is 0 Å². The van der Waals surface area contributed by atoms with E-state index in [4.69, 9.17) is 0 Å². The molecule has 7 aromatic carbocycles. The number of para-hydroxylation sites is 1. The van der Waals surface area contributed by atoms with Gasteiger partial charge in [0.05, 0.1) is 11.2 Å². The largest absolute Gasteiger partial charge is 0.309 e. The Morgan fingerprint density at radius 2 is 1.11 bits per heavy atom. The van der Waals surface area contributed by atoms with Crippen molar-refractivity contribution in [2.45, 2.75) is 96.2 Å². The van der Waals surface area contributed by atoms with E-state index in [1.807, 2.05) is 45.1 Å². The molecule has 3 heteroatoms. The third kappa shape index (κ3) is 13.9. The van der Waals surface area contributed by atoms with Gasteiger partial charge >= 0.3 is 0 Å². The molecule has 0 N–H and O–H groups in total. The van der Waals surface area contributed by atoms with Gasteiger partial charge in [-0.15, -0.1) is 11.3 Å². The van der Waals surface area contributed by atoms with E-state index in [1.165, 1.54) is 103 Å². The van der Waals surface area contributed by atoms with Crippen LogP contribution < -0.4 is 10.6 Å². The molecule has 0 amide bonds. The minimum atomic E-state index is -0.505. The summed E-state index contributed by atoms with van der Waals surface area (Å²) in [5, 5.41) is 5.41. The highest BCUT2D eigenvalue weighted by molar-refractivity contribution is 7.72. The van der Waals surface area contributed by atoms with Gasteiger partial charge in [-0.3, -0.25) is 0 Å². The van der Waals surface area contributed by atoms with Crippen LogP contribution in [0.25, 0.3) is 49.5 Å². The summed E-state index contributed by atoms with van der Waals surface area (Å²) >= 11 is 1.88. The predicted molar refractivity (Wildman–Crippen MR) is 323 cm³/mol. The van der Waals surface area contributed by atoms with E-state index >= 15 is 0 Å². The summed E-state index contributed by atoms with van der Waals surface area (Å²) in [7, 11) is -0.505. The van der Waals surface area contributed by atoms with Crippen LogP contribution in [0.4, 0.5) is 0 Å². The van der Waals surface area contributed by atoms with Gasteiger partial charge in [-0.05, 0) is 127 Å². The first-order chi connectivity index (χ1) is 34.5. The Morgan fingerprint density at radius 1 is 0.577 bits per heavy atom. The SMILES string of the molecule is C=Cc1c(C(=C(C)C)C(/C=C\C)=C(C)C)n(-c2ccc(CP(c3ccccc3)c3ccccc3)cc2)c2ccccc12.CC.CC.Cc1cccc(C)c1.Cc1ccccc1-c1c(C)sc2ccccc12. The zero-order chi connectivity index (χ0) is 51.5. The van der Waals surface area contributed by atoms with E-state index < -0.39 is 7.92 Å². The number of hydrogen-bond donors (Lipinski definition) is 0. The minimum absolute atomic E-state index is 0.505. The Kier molecular flexibility index (Phi) is 21.6. The van der Waals surface area contributed by atoms with Gasteiger partial charge in [-0.1, -0.05) is 233 Å². The van der Waals surface area contributed by atoms with Gasteiger partial charge in [0, 0.05) is 48.9 Å². The highest BCUT2D eigenvalue weighted by Crippen LogP contribution is 2.42. The molecule has 0 atom stereocenters. The fourth-order valence-electron chi connectivity index (χ4n) is 8.93. The molecule has 1 nitrogen and oxygen atoms in total. The van der Waals surface area contributed by atoms with Gasteiger partial charge in [0.2, 0.25) is 0 Å². The van der Waals surface area contributed by atoms with Gasteiger partial charge in [-0.2, -0.15) is 0 Å². The summed E-state index contributed by atoms with van der Waals surface area (Å²) in [6, 6.07) is 65.6. The van der Waals surface area contributed by atoms with Gasteiger partial charge in [0.1, 0.15) is 0 Å². The van der Waals surface area contributed by atoms with Crippen LogP contribution in [0.15, 0.2) is 217 Å². The van der Waals surface area contributed by atoms with Crippen molar-refractivity contribution in [2.24, 2.45) is 0 Å². The molecule has 0 spiro atoms. The van der Waals surface area contributed by atoms with Crippen molar-refractivity contribution in [2.75, 3.05) is 0 Å². The van der Waals surface area contributed by atoms with E-state index in [-0.39, 0.29) is 0 Å². The summed E-state index contributed by atoms with van der Waals surface area (Å²) < 4.78 is 3.81. The normalized spacial score (nSPS) is 10.5. The molecule has 0 aliphatic heterocycles. The topological polar surface area (TPSA) is 4.93 Å². The molecule has 0 unspecified atom stereocenters. The van der Waals surface area contributed by atoms with Crippen LogP contribution in [0.3, 0.4) is 0 Å². The van der Waals surface area contributed by atoms with Crippen molar-refractivity contribution in [3.05, 3.63) is 256 Å². The van der Waals surface area contributed by atoms with E-state index in [0.717, 1.165) is 11.8 Å². The van der Waals surface area contributed by atoms with Crippen molar-refractivity contribution >= 4 is 62.5 Å². The summed E-state index contributed by atoms with van der Waals surface area (Å²) in [4.78, 5) is 1.40. The number of fused-ring (bicyclic) bond motifs is 2. The molecule has 0 bridgehead atoms. The smallest absolute Gasteiger partial charge is 0.0618 e. The first kappa shape index (κ1) is 55.4. The van der Waals surface area contributed by atoms with Gasteiger partial charge in [0.25, 0.3) is 0 Å². The summed E-state index contributed by atoms with van der Waals surface area (Å²) in [6.45, 7) is 31.8. The van der Waals surface area contributed by atoms with Crippen LogP contribution in [0.2, 0.25) is 0 Å². The maximum absolute atomic E-state index is 4.28. The third-order valence-electron chi connectivity index (χ3n) is 12.0. The number of aryl methyl sites for hydroxylation is 4.